The van der Waals surface area contributed by atoms with Crippen LogP contribution in [0.1, 0.15) is 6.42 Å². The molecule has 0 saturated heterocycles. The third kappa shape index (κ3) is 11.4. The van der Waals surface area contributed by atoms with Crippen LogP contribution >= 0.6 is 0 Å². The van der Waals surface area contributed by atoms with E-state index in [9.17, 15) is 0 Å². The Morgan fingerprint density at radius 3 is 2.53 bits per heavy atom. The SMILES string of the molecule is C#COC#COC#CCCOC#COC. The Morgan fingerprint density at radius 2 is 1.80 bits per heavy atom. The van der Waals surface area contributed by atoms with E-state index in [1.807, 2.05) is 6.11 Å². The number of hydrogen-bond donors (Lipinski definition) is 0. The first-order valence-corrected chi connectivity index (χ1v) is 3.81. The van der Waals surface area contributed by atoms with Crippen LogP contribution in [0.2, 0.25) is 0 Å². The van der Waals surface area contributed by atoms with Crippen molar-refractivity contribution in [3.8, 4) is 49.0 Å². The number of hydrogen-bond acceptors (Lipinski definition) is 4. The van der Waals surface area contributed by atoms with Gasteiger partial charge in [-0.15, -0.1) is 0 Å². The van der Waals surface area contributed by atoms with Gasteiger partial charge in [-0.25, -0.2) is 0 Å². The second-order valence-electron chi connectivity index (χ2n) is 1.81. The van der Waals surface area contributed by atoms with Crippen molar-refractivity contribution in [2.75, 3.05) is 13.7 Å². The van der Waals surface area contributed by atoms with Gasteiger partial charge in [0.25, 0.3) is 0 Å². The number of rotatable bonds is 2. The molecule has 0 aromatic heterocycles. The summed E-state index contributed by atoms with van der Waals surface area (Å²) in [6, 6.07) is 0. The quantitative estimate of drug-likeness (QED) is 0.483. The van der Waals surface area contributed by atoms with Crippen molar-refractivity contribution in [1.29, 1.82) is 0 Å². The monoisotopic (exact) mass is 204 g/mol. The molecule has 0 aliphatic heterocycles. The molecule has 0 N–H and O–H groups in total. The molecule has 0 spiro atoms. The second-order valence-corrected chi connectivity index (χ2v) is 1.81. The van der Waals surface area contributed by atoms with E-state index in [4.69, 9.17) is 11.2 Å². The van der Waals surface area contributed by atoms with Crippen molar-refractivity contribution in [1.82, 2.24) is 0 Å². The summed E-state index contributed by atoms with van der Waals surface area (Å²) in [6.07, 6.45) is 18.1. The van der Waals surface area contributed by atoms with Crippen molar-refractivity contribution in [3.63, 3.8) is 0 Å². The van der Waals surface area contributed by atoms with Gasteiger partial charge >= 0.3 is 0 Å². The largest absolute Gasteiger partial charge is 0.448 e. The standard InChI is InChI=1S/C11H8O4/c1-3-13-10-11-15-7-5-4-6-14-9-8-12-2/h1H,4,6H2,2H3. The van der Waals surface area contributed by atoms with Crippen LogP contribution in [0.3, 0.4) is 0 Å². The third-order valence-corrected chi connectivity index (χ3v) is 0.871. The Balaban J connectivity index is 3.41. The van der Waals surface area contributed by atoms with Gasteiger partial charge in [0, 0.05) is 6.42 Å². The van der Waals surface area contributed by atoms with E-state index in [1.54, 1.807) is 0 Å². The molecule has 0 atom stereocenters. The van der Waals surface area contributed by atoms with Crippen LogP contribution in [0.4, 0.5) is 0 Å². The summed E-state index contributed by atoms with van der Waals surface area (Å²) in [5, 5.41) is 0. The maximum Gasteiger partial charge on any atom is 0.175 e. The maximum absolute atomic E-state index is 4.79. The minimum atomic E-state index is 0.362. The number of methoxy groups -OCH3 is 1. The topological polar surface area (TPSA) is 36.9 Å². The predicted octanol–water partition coefficient (Wildman–Crippen LogP) is 0.461. The molecule has 0 aliphatic carbocycles. The zero-order chi connectivity index (χ0) is 11.2. The Morgan fingerprint density at radius 1 is 1.00 bits per heavy atom. The average molecular weight is 204 g/mol. The Labute approximate surface area is 88.8 Å². The minimum absolute atomic E-state index is 0.362. The van der Waals surface area contributed by atoms with Gasteiger partial charge in [0.15, 0.2) is 24.4 Å². The highest BCUT2D eigenvalue weighted by Gasteiger charge is 1.78. The van der Waals surface area contributed by atoms with Gasteiger partial charge < -0.3 is 18.9 Å². The number of terminal acetylenes is 1. The van der Waals surface area contributed by atoms with Gasteiger partial charge in [0.2, 0.25) is 0 Å². The fraction of sp³-hybridized carbons (Fsp3) is 0.273. The molecule has 0 heterocycles. The van der Waals surface area contributed by atoms with Crippen molar-refractivity contribution < 1.29 is 18.9 Å². The normalized spacial score (nSPS) is 5.87. The summed E-state index contributed by atoms with van der Waals surface area (Å²) in [5.41, 5.74) is 0. The molecule has 4 heteroatoms. The molecular formula is C11H8O4. The van der Waals surface area contributed by atoms with Crippen LogP contribution in [0.15, 0.2) is 0 Å². The number of ether oxygens (including phenoxy) is 4. The average Bonchev–Trinajstić information content (AvgIpc) is 2.26. The molecule has 0 saturated carbocycles. The summed E-state index contributed by atoms with van der Waals surface area (Å²) < 4.78 is 17.9. The third-order valence-electron chi connectivity index (χ3n) is 0.871. The molecule has 76 valence electrons. The molecule has 0 aromatic rings. The minimum Gasteiger partial charge on any atom is -0.448 e. The molecule has 0 amide bonds. The first-order chi connectivity index (χ1) is 7.41. The van der Waals surface area contributed by atoms with Crippen LogP contribution in [0.25, 0.3) is 0 Å². The van der Waals surface area contributed by atoms with Gasteiger partial charge in [-0.2, -0.15) is 0 Å². The van der Waals surface area contributed by atoms with Crippen LogP contribution < -0.4 is 0 Å². The summed E-state index contributed by atoms with van der Waals surface area (Å²) in [6.45, 7) is 0.362. The van der Waals surface area contributed by atoms with Gasteiger partial charge in [-0.05, 0) is 0 Å². The summed E-state index contributed by atoms with van der Waals surface area (Å²) in [7, 11) is 1.45. The Hall–Kier alpha value is -2.56. The fourth-order valence-corrected chi connectivity index (χ4v) is 0.408. The van der Waals surface area contributed by atoms with Crippen LogP contribution in [-0.4, -0.2) is 13.7 Å². The smallest absolute Gasteiger partial charge is 0.175 e. The lowest BCUT2D eigenvalue weighted by atomic mass is 10.5. The molecule has 0 aromatic carbocycles. The van der Waals surface area contributed by atoms with Crippen LogP contribution in [0.5, 0.6) is 0 Å². The second kappa shape index (κ2) is 11.4. The van der Waals surface area contributed by atoms with E-state index in [-0.39, 0.29) is 0 Å². The van der Waals surface area contributed by atoms with Gasteiger partial charge in [-0.1, -0.05) is 12.3 Å². The highest BCUT2D eigenvalue weighted by Crippen LogP contribution is 1.78. The molecule has 4 nitrogen and oxygen atoms in total. The highest BCUT2D eigenvalue weighted by atomic mass is 16.5. The fourth-order valence-electron chi connectivity index (χ4n) is 0.408. The van der Waals surface area contributed by atoms with Gasteiger partial charge in [-0.3, -0.25) is 0 Å². The lowest BCUT2D eigenvalue weighted by Crippen LogP contribution is -1.85. The Kier molecular flexibility index (Phi) is 9.49. The molecule has 0 rings (SSSR count). The van der Waals surface area contributed by atoms with E-state index >= 15 is 0 Å². The van der Waals surface area contributed by atoms with E-state index in [0.29, 0.717) is 13.0 Å². The zero-order valence-electron chi connectivity index (χ0n) is 8.12. The van der Waals surface area contributed by atoms with Crippen molar-refractivity contribution >= 4 is 0 Å². The molecule has 0 aliphatic rings. The lowest BCUT2D eigenvalue weighted by Gasteiger charge is -1.88. The summed E-state index contributed by atoms with van der Waals surface area (Å²) in [5.74, 6) is 2.62. The molecule has 0 fully saturated rings. The molecule has 15 heavy (non-hydrogen) atoms. The first kappa shape index (κ1) is 12.4. The van der Waals surface area contributed by atoms with Gasteiger partial charge in [0.05, 0.1) is 7.11 Å². The van der Waals surface area contributed by atoms with E-state index < -0.39 is 0 Å². The first-order valence-electron chi connectivity index (χ1n) is 3.81. The Bertz CT molecular complexity index is 373. The van der Waals surface area contributed by atoms with E-state index in [1.165, 1.54) is 7.11 Å². The van der Waals surface area contributed by atoms with Crippen molar-refractivity contribution in [3.05, 3.63) is 0 Å². The summed E-state index contributed by atoms with van der Waals surface area (Å²) >= 11 is 0. The lowest BCUT2D eigenvalue weighted by molar-refractivity contribution is 0.275. The zero-order valence-corrected chi connectivity index (χ0v) is 8.12. The van der Waals surface area contributed by atoms with Gasteiger partial charge in [0.1, 0.15) is 18.8 Å². The predicted molar refractivity (Wildman–Crippen MR) is 51.9 cm³/mol. The van der Waals surface area contributed by atoms with Crippen molar-refractivity contribution in [2.45, 2.75) is 6.42 Å². The van der Waals surface area contributed by atoms with E-state index in [2.05, 4.69) is 50.7 Å². The van der Waals surface area contributed by atoms with Crippen molar-refractivity contribution in [2.24, 2.45) is 0 Å². The molecule has 0 unspecified atom stereocenters. The van der Waals surface area contributed by atoms with E-state index in [0.717, 1.165) is 0 Å². The van der Waals surface area contributed by atoms with Crippen LogP contribution in [-0.2, 0) is 18.9 Å². The maximum atomic E-state index is 4.79. The molecular weight excluding hydrogens is 196 g/mol. The molecule has 0 bridgehead atoms. The molecule has 0 radical (unpaired) electrons. The summed E-state index contributed by atoms with van der Waals surface area (Å²) in [4.78, 5) is 0. The highest BCUT2D eigenvalue weighted by molar-refractivity contribution is 4.97. The van der Waals surface area contributed by atoms with Crippen LogP contribution in [0, 0.1) is 49.0 Å².